The molecule has 0 radical (unpaired) electrons. The van der Waals surface area contributed by atoms with Crippen molar-refractivity contribution in [2.24, 2.45) is 0 Å². The van der Waals surface area contributed by atoms with E-state index in [9.17, 15) is 27.6 Å². The molecular weight excluding hydrogens is 589 g/mol. The van der Waals surface area contributed by atoms with Crippen LogP contribution in [0.25, 0.3) is 10.8 Å². The highest BCUT2D eigenvalue weighted by Crippen LogP contribution is 2.40. The second kappa shape index (κ2) is 12.3. The molecule has 1 aliphatic heterocycles. The molecule has 0 saturated carbocycles. The number of rotatable bonds is 7. The molecule has 1 aliphatic rings. The topological polar surface area (TPSA) is 109 Å². The third kappa shape index (κ3) is 6.47. The molecule has 4 aromatic rings. The standard InChI is InChI=1S/C29H23F3N4O4S2/c1-33-27(38)23-15-17(10-12-34-23)40-24-7-3-4-18-19(24)5-2-6-20(18)26(37)35-16-8-9-22(21(14-16)29(30,31)32)36-28(39)25-11-13-41-42-25/h2-10,12,14-15,25H,11,13H2,1H3,(H,33,38)(H,35,37)(H,36,39). The first-order valence-corrected chi connectivity index (χ1v) is 15.0. The highest BCUT2D eigenvalue weighted by atomic mass is 33.1. The number of hydrogen-bond donors (Lipinski definition) is 3. The van der Waals surface area contributed by atoms with Gasteiger partial charge in [-0.05, 0) is 48.2 Å². The summed E-state index contributed by atoms with van der Waals surface area (Å²) in [5, 5.41) is 8.07. The Morgan fingerprint density at radius 3 is 2.48 bits per heavy atom. The third-order valence-electron chi connectivity index (χ3n) is 6.33. The van der Waals surface area contributed by atoms with Crippen LogP contribution in [-0.4, -0.2) is 40.8 Å². The van der Waals surface area contributed by atoms with Crippen LogP contribution in [0.1, 0.15) is 32.8 Å². The van der Waals surface area contributed by atoms with Crippen molar-refractivity contribution < 1.29 is 32.3 Å². The van der Waals surface area contributed by atoms with Crippen LogP contribution in [0, 0.1) is 0 Å². The van der Waals surface area contributed by atoms with Gasteiger partial charge in [-0.25, -0.2) is 0 Å². The van der Waals surface area contributed by atoms with Crippen molar-refractivity contribution in [2.75, 3.05) is 23.4 Å². The Morgan fingerprint density at radius 2 is 1.74 bits per heavy atom. The summed E-state index contributed by atoms with van der Waals surface area (Å²) in [6.07, 6.45) is -2.76. The van der Waals surface area contributed by atoms with E-state index in [2.05, 4.69) is 20.9 Å². The van der Waals surface area contributed by atoms with Crippen molar-refractivity contribution in [3.8, 4) is 11.5 Å². The monoisotopic (exact) mass is 612 g/mol. The molecule has 0 aliphatic carbocycles. The molecule has 0 spiro atoms. The molecule has 1 aromatic heterocycles. The lowest BCUT2D eigenvalue weighted by molar-refractivity contribution is -0.136. The Kier molecular flexibility index (Phi) is 8.59. The van der Waals surface area contributed by atoms with Gasteiger partial charge in [0.1, 0.15) is 17.2 Å². The van der Waals surface area contributed by atoms with Gasteiger partial charge in [0.25, 0.3) is 11.8 Å². The lowest BCUT2D eigenvalue weighted by Crippen LogP contribution is -2.25. The summed E-state index contributed by atoms with van der Waals surface area (Å²) < 4.78 is 47.8. The van der Waals surface area contributed by atoms with Crippen LogP contribution in [0.4, 0.5) is 24.5 Å². The zero-order valence-electron chi connectivity index (χ0n) is 22.0. The van der Waals surface area contributed by atoms with Gasteiger partial charge in [0.05, 0.1) is 16.5 Å². The SMILES string of the molecule is CNC(=O)c1cc(Oc2cccc3c(C(=O)Nc4ccc(NC(=O)C5CCSS5)c(C(F)(F)F)c4)cccc23)ccn1. The highest BCUT2D eigenvalue weighted by molar-refractivity contribution is 8.77. The molecule has 1 atom stereocenters. The smallest absolute Gasteiger partial charge is 0.418 e. The summed E-state index contributed by atoms with van der Waals surface area (Å²) in [6.45, 7) is 0. The Hall–Kier alpha value is -4.23. The molecule has 3 N–H and O–H groups in total. The average molecular weight is 613 g/mol. The third-order valence-corrected chi connectivity index (χ3v) is 9.15. The Morgan fingerprint density at radius 1 is 0.952 bits per heavy atom. The highest BCUT2D eigenvalue weighted by Gasteiger charge is 2.35. The number of carbonyl (C=O) groups excluding carboxylic acids is 3. The predicted octanol–water partition coefficient (Wildman–Crippen LogP) is 6.75. The van der Waals surface area contributed by atoms with Crippen molar-refractivity contribution in [3.05, 3.63) is 89.7 Å². The maximum atomic E-state index is 13.9. The van der Waals surface area contributed by atoms with Crippen molar-refractivity contribution in [3.63, 3.8) is 0 Å². The number of alkyl halides is 3. The lowest BCUT2D eigenvalue weighted by Gasteiger charge is -2.17. The fourth-order valence-electron chi connectivity index (χ4n) is 4.31. The molecule has 216 valence electrons. The number of pyridine rings is 1. The molecule has 3 aromatic carbocycles. The van der Waals surface area contributed by atoms with Crippen molar-refractivity contribution in [1.82, 2.24) is 10.3 Å². The van der Waals surface area contributed by atoms with Gasteiger partial charge in [-0.1, -0.05) is 45.9 Å². The van der Waals surface area contributed by atoms with Gasteiger partial charge in [0.2, 0.25) is 5.91 Å². The zero-order chi connectivity index (χ0) is 29.9. The van der Waals surface area contributed by atoms with E-state index >= 15 is 0 Å². The van der Waals surface area contributed by atoms with Gasteiger partial charge < -0.3 is 20.7 Å². The second-order valence-corrected chi connectivity index (χ2v) is 11.8. The normalized spacial score (nSPS) is 14.8. The first-order valence-electron chi connectivity index (χ1n) is 12.6. The Bertz CT molecular complexity index is 1680. The summed E-state index contributed by atoms with van der Waals surface area (Å²) in [5.41, 5.74) is -1.15. The van der Waals surface area contributed by atoms with E-state index in [1.54, 1.807) is 42.5 Å². The van der Waals surface area contributed by atoms with Crippen LogP contribution in [0.15, 0.2) is 72.9 Å². The summed E-state index contributed by atoms with van der Waals surface area (Å²) in [5.74, 6) is 0.000671. The number of aromatic nitrogens is 1. The van der Waals surface area contributed by atoms with E-state index in [4.69, 9.17) is 4.74 Å². The van der Waals surface area contributed by atoms with Crippen molar-refractivity contribution in [1.29, 1.82) is 0 Å². The van der Waals surface area contributed by atoms with Crippen molar-refractivity contribution >= 4 is 61.5 Å². The van der Waals surface area contributed by atoms with Crippen LogP contribution in [0.5, 0.6) is 11.5 Å². The quantitative estimate of drug-likeness (QED) is 0.198. The molecule has 1 fully saturated rings. The molecule has 13 heteroatoms. The van der Waals surface area contributed by atoms with Crippen molar-refractivity contribution in [2.45, 2.75) is 17.8 Å². The van der Waals surface area contributed by atoms with Gasteiger partial charge in [0.15, 0.2) is 0 Å². The number of hydrogen-bond acceptors (Lipinski definition) is 7. The summed E-state index contributed by atoms with van der Waals surface area (Å²) in [7, 11) is 4.33. The number of nitrogens with zero attached hydrogens (tertiary/aromatic N) is 1. The average Bonchev–Trinajstić information content (AvgIpc) is 3.52. The molecule has 1 unspecified atom stereocenters. The largest absolute Gasteiger partial charge is 0.457 e. The molecule has 1 saturated heterocycles. The number of amides is 3. The Balaban J connectivity index is 1.40. The molecular formula is C29H23F3N4O4S2. The number of nitrogens with one attached hydrogen (secondary N) is 3. The minimum absolute atomic E-state index is 0.0842. The maximum Gasteiger partial charge on any atom is 0.418 e. The van der Waals surface area contributed by atoms with Gasteiger partial charge in [-0.15, -0.1) is 0 Å². The van der Waals surface area contributed by atoms with E-state index in [1.807, 2.05) is 0 Å². The number of anilines is 2. The lowest BCUT2D eigenvalue weighted by atomic mass is 10.0. The van der Waals surface area contributed by atoms with E-state index in [0.29, 0.717) is 28.7 Å². The number of ether oxygens (including phenoxy) is 1. The minimum atomic E-state index is -4.77. The van der Waals surface area contributed by atoms with Crippen LogP contribution in [0.3, 0.4) is 0 Å². The summed E-state index contributed by atoms with van der Waals surface area (Å²) >= 11 is 0. The molecule has 3 amide bonds. The van der Waals surface area contributed by atoms with Crippen LogP contribution in [0.2, 0.25) is 0 Å². The first-order chi connectivity index (χ1) is 20.1. The number of halogens is 3. The number of carbonyl (C=O) groups is 3. The molecule has 42 heavy (non-hydrogen) atoms. The fraction of sp³-hybridized carbons (Fsp3) is 0.172. The fourth-order valence-corrected chi connectivity index (χ4v) is 7.03. The van der Waals surface area contributed by atoms with E-state index in [0.717, 1.165) is 17.9 Å². The van der Waals surface area contributed by atoms with Crippen LogP contribution >= 0.6 is 21.6 Å². The summed E-state index contributed by atoms with van der Waals surface area (Å²) in [6, 6.07) is 16.3. The molecule has 8 nitrogen and oxygen atoms in total. The molecule has 0 bridgehead atoms. The van der Waals surface area contributed by atoms with Crippen LogP contribution in [-0.2, 0) is 11.0 Å². The summed E-state index contributed by atoms with van der Waals surface area (Å²) in [4.78, 5) is 41.7. The number of fused-ring (bicyclic) bond motifs is 1. The second-order valence-electron chi connectivity index (χ2n) is 9.11. The molecule has 5 rings (SSSR count). The van der Waals surface area contributed by atoms with E-state index < -0.39 is 28.8 Å². The van der Waals surface area contributed by atoms with Gasteiger partial charge >= 0.3 is 6.18 Å². The van der Waals surface area contributed by atoms with E-state index in [-0.39, 0.29) is 28.5 Å². The predicted molar refractivity (Wildman–Crippen MR) is 158 cm³/mol. The number of benzene rings is 3. The zero-order valence-corrected chi connectivity index (χ0v) is 23.6. The van der Waals surface area contributed by atoms with Crippen LogP contribution < -0.4 is 20.7 Å². The Labute approximate surface area is 246 Å². The first kappa shape index (κ1) is 29.3. The van der Waals surface area contributed by atoms with Gasteiger partial charge in [-0.2, -0.15) is 13.2 Å². The minimum Gasteiger partial charge on any atom is -0.457 e. The maximum absolute atomic E-state index is 13.9. The van der Waals surface area contributed by atoms with E-state index in [1.165, 1.54) is 47.0 Å². The van der Waals surface area contributed by atoms with Gasteiger partial charge in [-0.3, -0.25) is 19.4 Å². The van der Waals surface area contributed by atoms with Gasteiger partial charge in [0, 0.05) is 41.7 Å². The molecule has 2 heterocycles.